The molecule has 0 saturated heterocycles. The molecule has 0 radical (unpaired) electrons. The van der Waals surface area contributed by atoms with Gasteiger partial charge in [-0.1, -0.05) is 13.3 Å². The quantitative estimate of drug-likeness (QED) is 0.836. The van der Waals surface area contributed by atoms with E-state index in [-0.39, 0.29) is 0 Å². The van der Waals surface area contributed by atoms with Crippen LogP contribution in [0.5, 0.6) is 5.75 Å². The molecule has 3 nitrogen and oxygen atoms in total. The molecule has 2 N–H and O–H groups in total. The number of nitrogens with two attached hydrogens (primary N) is 1. The van der Waals surface area contributed by atoms with E-state index in [1.165, 1.54) is 12.8 Å². The second-order valence-corrected chi connectivity index (χ2v) is 6.05. The van der Waals surface area contributed by atoms with Gasteiger partial charge in [0.1, 0.15) is 5.75 Å². The van der Waals surface area contributed by atoms with Crippen LogP contribution in [-0.4, -0.2) is 11.1 Å². The van der Waals surface area contributed by atoms with Gasteiger partial charge >= 0.3 is 0 Å². The van der Waals surface area contributed by atoms with Gasteiger partial charge in [-0.15, -0.1) is 0 Å². The van der Waals surface area contributed by atoms with Crippen molar-refractivity contribution in [2.75, 3.05) is 5.73 Å². The molecule has 2 atom stereocenters. The summed E-state index contributed by atoms with van der Waals surface area (Å²) in [7, 11) is 0. The Balaban J connectivity index is 1.95. The molecular weight excluding hydrogens is 248 g/mol. The number of nitrogen functional groups attached to an aromatic ring is 1. The summed E-state index contributed by atoms with van der Waals surface area (Å²) in [5.41, 5.74) is 8.60. The van der Waals surface area contributed by atoms with Gasteiger partial charge in [-0.2, -0.15) is 0 Å². The molecule has 2 aromatic rings. The van der Waals surface area contributed by atoms with E-state index in [2.05, 4.69) is 11.9 Å². The van der Waals surface area contributed by atoms with Crippen molar-refractivity contribution in [3.05, 3.63) is 30.0 Å². The topological polar surface area (TPSA) is 48.1 Å². The molecule has 2 unspecified atom stereocenters. The first-order valence-corrected chi connectivity index (χ1v) is 7.45. The summed E-state index contributed by atoms with van der Waals surface area (Å²) >= 11 is 0. The van der Waals surface area contributed by atoms with Crippen LogP contribution in [0.3, 0.4) is 0 Å². The lowest BCUT2D eigenvalue weighted by molar-refractivity contribution is 0.131. The molecular formula is C17H22N2O. The predicted molar refractivity (Wildman–Crippen MR) is 82.9 cm³/mol. The third-order valence-corrected chi connectivity index (χ3v) is 4.10. The van der Waals surface area contributed by atoms with E-state index in [9.17, 15) is 0 Å². The van der Waals surface area contributed by atoms with Crippen molar-refractivity contribution in [1.82, 2.24) is 4.98 Å². The molecule has 0 aliphatic heterocycles. The SMILES string of the molecule is Cc1cc(OC2CCCC(C)C2)c2cc(N)ccc2n1. The van der Waals surface area contributed by atoms with Gasteiger partial charge in [-0.05, 0) is 50.3 Å². The molecule has 0 bridgehead atoms. The summed E-state index contributed by atoms with van der Waals surface area (Å²) in [6, 6.07) is 7.85. The summed E-state index contributed by atoms with van der Waals surface area (Å²) in [6.07, 6.45) is 5.20. The maximum absolute atomic E-state index is 6.28. The Kier molecular flexibility index (Phi) is 3.51. The standard InChI is InChI=1S/C17H22N2O/c1-11-4-3-5-14(8-11)20-17-9-12(2)19-16-7-6-13(18)10-15(16)17/h6-7,9-11,14H,3-5,8,18H2,1-2H3. The predicted octanol–water partition coefficient (Wildman–Crippen LogP) is 4.08. The number of nitrogens with zero attached hydrogens (tertiary/aromatic N) is 1. The number of aryl methyl sites for hydroxylation is 1. The van der Waals surface area contributed by atoms with E-state index >= 15 is 0 Å². The Bertz CT molecular complexity index is 624. The molecule has 20 heavy (non-hydrogen) atoms. The molecule has 1 saturated carbocycles. The molecule has 1 aromatic carbocycles. The van der Waals surface area contributed by atoms with E-state index in [0.717, 1.165) is 46.8 Å². The minimum Gasteiger partial charge on any atom is -0.490 e. The lowest BCUT2D eigenvalue weighted by Gasteiger charge is -2.28. The Morgan fingerprint density at radius 2 is 2.10 bits per heavy atom. The van der Waals surface area contributed by atoms with E-state index in [0.29, 0.717) is 6.10 Å². The van der Waals surface area contributed by atoms with Crippen LogP contribution in [0.4, 0.5) is 5.69 Å². The number of pyridine rings is 1. The van der Waals surface area contributed by atoms with Crippen LogP contribution >= 0.6 is 0 Å². The Labute approximate surface area is 120 Å². The fourth-order valence-corrected chi connectivity index (χ4v) is 3.10. The Morgan fingerprint density at radius 3 is 2.90 bits per heavy atom. The largest absolute Gasteiger partial charge is 0.490 e. The third kappa shape index (κ3) is 2.72. The lowest BCUT2D eigenvalue weighted by atomic mass is 9.88. The van der Waals surface area contributed by atoms with E-state index in [1.807, 2.05) is 31.2 Å². The second-order valence-electron chi connectivity index (χ2n) is 6.05. The van der Waals surface area contributed by atoms with Gasteiger partial charge in [0.15, 0.2) is 0 Å². The summed E-state index contributed by atoms with van der Waals surface area (Å²) < 4.78 is 6.28. The summed E-state index contributed by atoms with van der Waals surface area (Å²) in [6.45, 7) is 4.32. The first kappa shape index (κ1) is 13.2. The van der Waals surface area contributed by atoms with E-state index < -0.39 is 0 Å². The summed E-state index contributed by atoms with van der Waals surface area (Å²) in [5.74, 6) is 1.69. The van der Waals surface area contributed by atoms with E-state index in [4.69, 9.17) is 10.5 Å². The molecule has 1 heterocycles. The zero-order valence-electron chi connectivity index (χ0n) is 12.2. The van der Waals surface area contributed by atoms with Crippen molar-refractivity contribution in [3.63, 3.8) is 0 Å². The smallest absolute Gasteiger partial charge is 0.130 e. The highest BCUT2D eigenvalue weighted by Gasteiger charge is 2.21. The van der Waals surface area contributed by atoms with Gasteiger partial charge in [-0.3, -0.25) is 4.98 Å². The maximum Gasteiger partial charge on any atom is 0.130 e. The summed E-state index contributed by atoms with van der Waals surface area (Å²) in [5, 5.41) is 1.02. The van der Waals surface area contributed by atoms with Crippen LogP contribution in [0.15, 0.2) is 24.3 Å². The monoisotopic (exact) mass is 270 g/mol. The molecule has 3 rings (SSSR count). The van der Waals surface area contributed by atoms with Gasteiger partial charge in [0.2, 0.25) is 0 Å². The van der Waals surface area contributed by atoms with Gasteiger partial charge in [0.05, 0.1) is 11.6 Å². The number of rotatable bonds is 2. The van der Waals surface area contributed by atoms with E-state index in [1.54, 1.807) is 0 Å². The van der Waals surface area contributed by atoms with Crippen molar-refractivity contribution >= 4 is 16.6 Å². The van der Waals surface area contributed by atoms with Gasteiger partial charge in [0.25, 0.3) is 0 Å². The Morgan fingerprint density at radius 1 is 1.25 bits per heavy atom. The van der Waals surface area contributed by atoms with Gasteiger partial charge in [-0.25, -0.2) is 0 Å². The second kappa shape index (κ2) is 5.31. The average molecular weight is 270 g/mol. The van der Waals surface area contributed by atoms with Crippen molar-refractivity contribution < 1.29 is 4.74 Å². The summed E-state index contributed by atoms with van der Waals surface area (Å²) in [4.78, 5) is 4.55. The number of hydrogen-bond acceptors (Lipinski definition) is 3. The molecule has 3 heteroatoms. The highest BCUT2D eigenvalue weighted by atomic mass is 16.5. The van der Waals surface area contributed by atoms with Crippen molar-refractivity contribution in [3.8, 4) is 5.75 Å². The molecule has 0 amide bonds. The average Bonchev–Trinajstić information content (AvgIpc) is 2.39. The van der Waals surface area contributed by atoms with Crippen LogP contribution in [0.2, 0.25) is 0 Å². The van der Waals surface area contributed by atoms with Crippen LogP contribution in [0, 0.1) is 12.8 Å². The zero-order valence-corrected chi connectivity index (χ0v) is 12.2. The molecule has 1 aromatic heterocycles. The normalized spacial score (nSPS) is 22.9. The molecule has 1 aliphatic rings. The van der Waals surface area contributed by atoms with Crippen molar-refractivity contribution in [1.29, 1.82) is 0 Å². The van der Waals surface area contributed by atoms with Crippen molar-refractivity contribution in [2.24, 2.45) is 5.92 Å². The highest BCUT2D eigenvalue weighted by Crippen LogP contribution is 2.32. The fraction of sp³-hybridized carbons (Fsp3) is 0.471. The maximum atomic E-state index is 6.28. The molecule has 106 valence electrons. The number of fused-ring (bicyclic) bond motifs is 1. The zero-order chi connectivity index (χ0) is 14.1. The first-order valence-electron chi connectivity index (χ1n) is 7.45. The van der Waals surface area contributed by atoms with Crippen molar-refractivity contribution in [2.45, 2.75) is 45.6 Å². The van der Waals surface area contributed by atoms with Crippen LogP contribution in [0.1, 0.15) is 38.3 Å². The molecule has 1 fully saturated rings. The number of ether oxygens (including phenoxy) is 1. The lowest BCUT2D eigenvalue weighted by Crippen LogP contribution is -2.24. The highest BCUT2D eigenvalue weighted by molar-refractivity contribution is 5.87. The fourth-order valence-electron chi connectivity index (χ4n) is 3.10. The number of anilines is 1. The van der Waals surface area contributed by atoms with Crippen LogP contribution < -0.4 is 10.5 Å². The van der Waals surface area contributed by atoms with Gasteiger partial charge in [0, 0.05) is 22.8 Å². The molecule has 0 spiro atoms. The third-order valence-electron chi connectivity index (χ3n) is 4.10. The minimum atomic E-state index is 0.324. The van der Waals surface area contributed by atoms with Crippen LogP contribution in [0.25, 0.3) is 10.9 Å². The Hall–Kier alpha value is -1.77. The van der Waals surface area contributed by atoms with Crippen LogP contribution in [-0.2, 0) is 0 Å². The number of benzene rings is 1. The first-order chi connectivity index (χ1) is 9.61. The molecule has 1 aliphatic carbocycles. The minimum absolute atomic E-state index is 0.324. The number of aromatic nitrogens is 1. The number of hydrogen-bond donors (Lipinski definition) is 1. The van der Waals surface area contributed by atoms with Gasteiger partial charge < -0.3 is 10.5 Å².